The number of rotatable bonds is 2. The van der Waals surface area contributed by atoms with Gasteiger partial charge in [0.1, 0.15) is 5.60 Å². The molecule has 0 atom stereocenters. The van der Waals surface area contributed by atoms with Crippen LogP contribution in [0, 0.1) is 6.92 Å². The Morgan fingerprint density at radius 1 is 1.03 bits per heavy atom. The van der Waals surface area contributed by atoms with E-state index in [-0.39, 0.29) is 17.5 Å². The van der Waals surface area contributed by atoms with Crippen molar-refractivity contribution in [3.63, 3.8) is 0 Å². The van der Waals surface area contributed by atoms with Crippen LogP contribution in [-0.2, 0) is 9.47 Å². The fraction of sp³-hybridized carbons (Fsp3) is 0.667. The van der Waals surface area contributed by atoms with E-state index < -0.39 is 5.60 Å². The molecule has 2 saturated heterocycles. The van der Waals surface area contributed by atoms with Gasteiger partial charge in [-0.2, -0.15) is 0 Å². The molecule has 3 rings (SSSR count). The quantitative estimate of drug-likeness (QED) is 0.715. The number of amides is 2. The first kappa shape index (κ1) is 23.4. The minimum Gasteiger partial charge on any atom is -0.444 e. The van der Waals surface area contributed by atoms with Crippen molar-refractivity contribution in [2.75, 3.05) is 50.8 Å². The van der Waals surface area contributed by atoms with Gasteiger partial charge in [0.15, 0.2) is 0 Å². The Hall–Kier alpha value is -2.28. The van der Waals surface area contributed by atoms with Crippen LogP contribution in [0.1, 0.15) is 57.0 Å². The van der Waals surface area contributed by atoms with Crippen LogP contribution in [-0.4, -0.2) is 78.9 Å². The standard InChI is InChI=1S/C24H37N3O4/c1-18-7-8-19(17-20(18)25-13-15-30-16-14-25)21(28)27-12-11-26(10-9-24(27,5)6)22(29)31-23(2,3)4/h7-8,17H,9-16H2,1-6H3. The minimum atomic E-state index is -0.536. The lowest BCUT2D eigenvalue weighted by molar-refractivity contribution is 0.0255. The summed E-state index contributed by atoms with van der Waals surface area (Å²) in [6, 6.07) is 5.94. The lowest BCUT2D eigenvalue weighted by Gasteiger charge is -2.37. The van der Waals surface area contributed by atoms with Crippen molar-refractivity contribution in [1.82, 2.24) is 9.80 Å². The van der Waals surface area contributed by atoms with Crippen molar-refractivity contribution in [3.05, 3.63) is 29.3 Å². The Bertz CT molecular complexity index is 810. The van der Waals surface area contributed by atoms with E-state index in [0.717, 1.165) is 24.3 Å². The molecule has 1 aromatic carbocycles. The van der Waals surface area contributed by atoms with E-state index in [1.165, 1.54) is 0 Å². The number of carbonyl (C=O) groups excluding carboxylic acids is 2. The van der Waals surface area contributed by atoms with Crippen molar-refractivity contribution in [1.29, 1.82) is 0 Å². The molecule has 2 aliphatic heterocycles. The van der Waals surface area contributed by atoms with E-state index in [1.807, 2.05) is 43.9 Å². The molecule has 2 amide bonds. The molecule has 2 fully saturated rings. The van der Waals surface area contributed by atoms with E-state index in [1.54, 1.807) is 4.90 Å². The largest absolute Gasteiger partial charge is 0.444 e. The van der Waals surface area contributed by atoms with Gasteiger partial charge in [-0.25, -0.2) is 4.79 Å². The molecule has 0 aromatic heterocycles. The molecular formula is C24H37N3O4. The summed E-state index contributed by atoms with van der Waals surface area (Å²) in [4.78, 5) is 32.0. The highest BCUT2D eigenvalue weighted by Crippen LogP contribution is 2.28. The van der Waals surface area contributed by atoms with Crippen LogP contribution in [0.5, 0.6) is 0 Å². The number of aryl methyl sites for hydroxylation is 1. The van der Waals surface area contributed by atoms with Crippen molar-refractivity contribution in [2.24, 2.45) is 0 Å². The summed E-state index contributed by atoms with van der Waals surface area (Å²) in [6.07, 6.45) is 0.378. The summed E-state index contributed by atoms with van der Waals surface area (Å²) in [5, 5.41) is 0. The smallest absolute Gasteiger partial charge is 0.410 e. The molecule has 0 radical (unpaired) electrons. The number of nitrogens with zero attached hydrogens (tertiary/aromatic N) is 3. The van der Waals surface area contributed by atoms with Gasteiger partial charge in [-0.1, -0.05) is 6.07 Å². The molecule has 0 spiro atoms. The fourth-order valence-corrected chi connectivity index (χ4v) is 4.11. The SMILES string of the molecule is Cc1ccc(C(=O)N2CCN(C(=O)OC(C)(C)C)CCC2(C)C)cc1N1CCOCC1. The van der Waals surface area contributed by atoms with E-state index >= 15 is 0 Å². The highest BCUT2D eigenvalue weighted by atomic mass is 16.6. The minimum absolute atomic E-state index is 0.00514. The highest BCUT2D eigenvalue weighted by molar-refractivity contribution is 5.96. The zero-order valence-electron chi connectivity index (χ0n) is 19.9. The topological polar surface area (TPSA) is 62.3 Å². The molecule has 172 valence electrons. The predicted octanol–water partition coefficient (Wildman–Crippen LogP) is 3.69. The Morgan fingerprint density at radius 3 is 2.35 bits per heavy atom. The third kappa shape index (κ3) is 5.70. The molecule has 1 aromatic rings. The van der Waals surface area contributed by atoms with Crippen LogP contribution in [0.3, 0.4) is 0 Å². The molecule has 2 heterocycles. The van der Waals surface area contributed by atoms with Gasteiger partial charge in [0.05, 0.1) is 13.2 Å². The molecule has 2 aliphatic rings. The van der Waals surface area contributed by atoms with Gasteiger partial charge in [-0.15, -0.1) is 0 Å². The first-order chi connectivity index (χ1) is 14.5. The summed E-state index contributed by atoms with van der Waals surface area (Å²) in [7, 11) is 0. The van der Waals surface area contributed by atoms with Gasteiger partial charge < -0.3 is 24.2 Å². The lowest BCUT2D eigenvalue weighted by atomic mass is 9.97. The van der Waals surface area contributed by atoms with Crippen molar-refractivity contribution in [2.45, 2.75) is 59.1 Å². The first-order valence-corrected chi connectivity index (χ1v) is 11.2. The number of hydrogen-bond donors (Lipinski definition) is 0. The van der Waals surface area contributed by atoms with Gasteiger partial charge in [0.2, 0.25) is 0 Å². The van der Waals surface area contributed by atoms with E-state index in [4.69, 9.17) is 9.47 Å². The Balaban J connectivity index is 1.78. The second-order valence-electron chi connectivity index (χ2n) is 10.1. The number of carbonyl (C=O) groups is 2. The van der Waals surface area contributed by atoms with Gasteiger partial charge in [-0.3, -0.25) is 4.79 Å². The van der Waals surface area contributed by atoms with Gasteiger partial charge in [-0.05, 0) is 65.7 Å². The number of anilines is 1. The van der Waals surface area contributed by atoms with Gasteiger partial charge >= 0.3 is 6.09 Å². The molecule has 0 aliphatic carbocycles. The van der Waals surface area contributed by atoms with Crippen LogP contribution in [0.25, 0.3) is 0 Å². The molecule has 0 N–H and O–H groups in total. The fourth-order valence-electron chi connectivity index (χ4n) is 4.11. The third-order valence-electron chi connectivity index (χ3n) is 6.02. The van der Waals surface area contributed by atoms with Crippen LogP contribution >= 0.6 is 0 Å². The lowest BCUT2D eigenvalue weighted by Crippen LogP contribution is -2.48. The Morgan fingerprint density at radius 2 is 1.71 bits per heavy atom. The maximum atomic E-state index is 13.6. The average Bonchev–Trinajstić information content (AvgIpc) is 2.85. The Kier molecular flexibility index (Phi) is 6.84. The molecular weight excluding hydrogens is 394 g/mol. The average molecular weight is 432 g/mol. The number of ether oxygens (including phenoxy) is 2. The second kappa shape index (κ2) is 9.07. The maximum Gasteiger partial charge on any atom is 0.410 e. The Labute approximate surface area is 186 Å². The molecule has 7 heteroatoms. The van der Waals surface area contributed by atoms with Crippen LogP contribution in [0.2, 0.25) is 0 Å². The molecule has 0 unspecified atom stereocenters. The van der Waals surface area contributed by atoms with E-state index in [0.29, 0.717) is 44.8 Å². The van der Waals surface area contributed by atoms with Crippen molar-refractivity contribution < 1.29 is 19.1 Å². The highest BCUT2D eigenvalue weighted by Gasteiger charge is 2.36. The molecule has 31 heavy (non-hydrogen) atoms. The summed E-state index contributed by atoms with van der Waals surface area (Å²) in [5.41, 5.74) is 2.04. The summed E-state index contributed by atoms with van der Waals surface area (Å²) >= 11 is 0. The van der Waals surface area contributed by atoms with E-state index in [9.17, 15) is 9.59 Å². The van der Waals surface area contributed by atoms with E-state index in [2.05, 4.69) is 25.7 Å². The molecule has 0 saturated carbocycles. The third-order valence-corrected chi connectivity index (χ3v) is 6.02. The number of hydrogen-bond acceptors (Lipinski definition) is 5. The van der Waals surface area contributed by atoms with Crippen LogP contribution in [0.15, 0.2) is 18.2 Å². The van der Waals surface area contributed by atoms with Gasteiger partial charge in [0.25, 0.3) is 5.91 Å². The van der Waals surface area contributed by atoms with Crippen LogP contribution < -0.4 is 4.90 Å². The normalized spacial score (nSPS) is 19.7. The van der Waals surface area contributed by atoms with Gasteiger partial charge in [0, 0.05) is 49.5 Å². The first-order valence-electron chi connectivity index (χ1n) is 11.2. The molecule has 7 nitrogen and oxygen atoms in total. The van der Waals surface area contributed by atoms with Crippen molar-refractivity contribution in [3.8, 4) is 0 Å². The number of benzene rings is 1. The molecule has 0 bridgehead atoms. The summed E-state index contributed by atoms with van der Waals surface area (Å²) in [5.74, 6) is 0.00514. The van der Waals surface area contributed by atoms with Crippen LogP contribution in [0.4, 0.5) is 10.5 Å². The monoisotopic (exact) mass is 431 g/mol. The zero-order chi connectivity index (χ0) is 22.8. The summed E-state index contributed by atoms with van der Waals surface area (Å²) in [6.45, 7) is 16.4. The predicted molar refractivity (Wildman–Crippen MR) is 122 cm³/mol. The zero-order valence-corrected chi connectivity index (χ0v) is 19.9. The number of morpholine rings is 1. The van der Waals surface area contributed by atoms with Crippen molar-refractivity contribution >= 4 is 17.7 Å². The maximum absolute atomic E-state index is 13.6. The summed E-state index contributed by atoms with van der Waals surface area (Å²) < 4.78 is 11.0. The second-order valence-corrected chi connectivity index (χ2v) is 10.1.